The Morgan fingerprint density at radius 3 is 2.50 bits per heavy atom. The molecular formula is C18H22N4O6. The van der Waals surface area contributed by atoms with Crippen LogP contribution < -0.4 is 10.1 Å². The van der Waals surface area contributed by atoms with Crippen molar-refractivity contribution in [1.82, 2.24) is 15.1 Å². The van der Waals surface area contributed by atoms with E-state index in [-0.39, 0.29) is 23.6 Å². The van der Waals surface area contributed by atoms with Crippen LogP contribution in [0.25, 0.3) is 0 Å². The highest BCUT2D eigenvalue weighted by Gasteiger charge is 2.23. The number of rotatable bonds is 9. The van der Waals surface area contributed by atoms with Gasteiger partial charge in [-0.2, -0.15) is 5.10 Å². The van der Waals surface area contributed by atoms with Crippen LogP contribution in [0.3, 0.4) is 0 Å². The molecular weight excluding hydrogens is 368 g/mol. The maximum absolute atomic E-state index is 11.9. The second-order valence-corrected chi connectivity index (χ2v) is 6.04. The van der Waals surface area contributed by atoms with Gasteiger partial charge in [0.2, 0.25) is 0 Å². The van der Waals surface area contributed by atoms with Gasteiger partial charge in [-0.1, -0.05) is 12.1 Å². The lowest BCUT2D eigenvalue weighted by atomic mass is 10.1. The van der Waals surface area contributed by atoms with Crippen molar-refractivity contribution in [3.63, 3.8) is 0 Å². The number of methoxy groups -OCH3 is 1. The molecule has 0 aliphatic heterocycles. The number of nitrogens with one attached hydrogen (secondary N) is 1. The third-order valence-corrected chi connectivity index (χ3v) is 4.06. The van der Waals surface area contributed by atoms with Gasteiger partial charge < -0.3 is 14.8 Å². The molecule has 0 radical (unpaired) electrons. The summed E-state index contributed by atoms with van der Waals surface area (Å²) in [6.07, 6.45) is 0.624. The molecule has 0 aliphatic carbocycles. The average Bonchev–Trinajstić information content (AvgIpc) is 2.94. The number of nitro groups is 1. The summed E-state index contributed by atoms with van der Waals surface area (Å²) in [5.41, 5.74) is 1.36. The van der Waals surface area contributed by atoms with Gasteiger partial charge in [0.15, 0.2) is 6.61 Å². The number of carbonyl (C=O) groups is 2. The molecule has 2 rings (SSSR count). The zero-order valence-electron chi connectivity index (χ0n) is 15.9. The van der Waals surface area contributed by atoms with E-state index in [1.54, 1.807) is 7.11 Å². The summed E-state index contributed by atoms with van der Waals surface area (Å²) in [5, 5.41) is 17.6. The standard InChI is InChI=1S/C18H22N4O6/c1-12-18(22(25)26)13(2)21(20-12)10-17(24)28-11-16(23)19-9-8-14-4-6-15(27-3)7-5-14/h4-7H,8-11H2,1-3H3,(H,19,23). The number of aryl methyl sites for hydroxylation is 1. The predicted molar refractivity (Wildman–Crippen MR) is 99.0 cm³/mol. The van der Waals surface area contributed by atoms with Gasteiger partial charge in [0.25, 0.3) is 5.91 Å². The first-order chi connectivity index (χ1) is 13.3. The fourth-order valence-electron chi connectivity index (χ4n) is 2.61. The Morgan fingerprint density at radius 2 is 1.93 bits per heavy atom. The van der Waals surface area contributed by atoms with Gasteiger partial charge in [0.05, 0.1) is 12.0 Å². The zero-order valence-corrected chi connectivity index (χ0v) is 15.9. The van der Waals surface area contributed by atoms with E-state index in [1.165, 1.54) is 18.5 Å². The van der Waals surface area contributed by atoms with Crippen LogP contribution in [-0.2, 0) is 27.3 Å². The second-order valence-electron chi connectivity index (χ2n) is 6.04. The van der Waals surface area contributed by atoms with E-state index in [2.05, 4.69) is 10.4 Å². The maximum Gasteiger partial charge on any atom is 0.328 e. The van der Waals surface area contributed by atoms with Crippen molar-refractivity contribution in [3.8, 4) is 5.75 Å². The van der Waals surface area contributed by atoms with E-state index in [1.807, 2.05) is 24.3 Å². The van der Waals surface area contributed by atoms with Crippen molar-refractivity contribution in [2.24, 2.45) is 0 Å². The van der Waals surface area contributed by atoms with E-state index in [0.717, 1.165) is 11.3 Å². The van der Waals surface area contributed by atoms with Crippen molar-refractivity contribution >= 4 is 17.6 Å². The fourth-order valence-corrected chi connectivity index (χ4v) is 2.61. The van der Waals surface area contributed by atoms with Crippen molar-refractivity contribution < 1.29 is 24.0 Å². The second kappa shape index (κ2) is 9.49. The van der Waals surface area contributed by atoms with Crippen LogP contribution in [0, 0.1) is 24.0 Å². The lowest BCUT2D eigenvalue weighted by molar-refractivity contribution is -0.386. The summed E-state index contributed by atoms with van der Waals surface area (Å²) in [5.74, 6) is -0.375. The smallest absolute Gasteiger partial charge is 0.328 e. The van der Waals surface area contributed by atoms with E-state index >= 15 is 0 Å². The Kier molecular flexibility index (Phi) is 7.08. The molecule has 0 spiro atoms. The number of aromatic nitrogens is 2. The molecule has 1 heterocycles. The van der Waals surface area contributed by atoms with Crippen molar-refractivity contribution in [1.29, 1.82) is 0 Å². The number of ether oxygens (including phenoxy) is 2. The van der Waals surface area contributed by atoms with Crippen LogP contribution in [0.2, 0.25) is 0 Å². The van der Waals surface area contributed by atoms with Crippen molar-refractivity contribution in [2.45, 2.75) is 26.8 Å². The SMILES string of the molecule is COc1ccc(CCNC(=O)COC(=O)Cn2nc(C)c([N+](=O)[O-])c2C)cc1. The number of benzene rings is 1. The first-order valence-corrected chi connectivity index (χ1v) is 8.55. The molecule has 1 N–H and O–H groups in total. The quantitative estimate of drug-likeness (QED) is 0.389. The molecule has 0 atom stereocenters. The van der Waals surface area contributed by atoms with E-state index in [0.29, 0.717) is 13.0 Å². The maximum atomic E-state index is 11.9. The van der Waals surface area contributed by atoms with Crippen LogP contribution in [0.15, 0.2) is 24.3 Å². The van der Waals surface area contributed by atoms with Gasteiger partial charge in [-0.05, 0) is 38.0 Å². The van der Waals surface area contributed by atoms with Crippen LogP contribution in [0.5, 0.6) is 5.75 Å². The van der Waals surface area contributed by atoms with Gasteiger partial charge in [0, 0.05) is 6.54 Å². The number of carbonyl (C=O) groups excluding carboxylic acids is 2. The summed E-state index contributed by atoms with van der Waals surface area (Å²) in [6, 6.07) is 7.47. The van der Waals surface area contributed by atoms with Gasteiger partial charge in [0.1, 0.15) is 23.7 Å². The zero-order chi connectivity index (χ0) is 20.7. The summed E-state index contributed by atoms with van der Waals surface area (Å²) in [7, 11) is 1.59. The Bertz CT molecular complexity index is 860. The Morgan fingerprint density at radius 1 is 1.25 bits per heavy atom. The monoisotopic (exact) mass is 390 g/mol. The Hall–Kier alpha value is -3.43. The molecule has 2 aromatic rings. The normalized spacial score (nSPS) is 10.4. The van der Waals surface area contributed by atoms with E-state index in [9.17, 15) is 19.7 Å². The topological polar surface area (TPSA) is 126 Å². The molecule has 0 fully saturated rings. The van der Waals surface area contributed by atoms with Crippen LogP contribution in [-0.4, -0.2) is 46.8 Å². The van der Waals surface area contributed by atoms with Gasteiger partial charge in [-0.15, -0.1) is 0 Å². The first-order valence-electron chi connectivity index (χ1n) is 8.55. The molecule has 10 nitrogen and oxygen atoms in total. The molecule has 0 bridgehead atoms. The molecule has 0 aliphatic rings. The van der Waals surface area contributed by atoms with Gasteiger partial charge in [-0.3, -0.25) is 24.4 Å². The molecule has 150 valence electrons. The number of hydrogen-bond acceptors (Lipinski definition) is 7. The molecule has 0 saturated carbocycles. The molecule has 1 amide bonds. The van der Waals surface area contributed by atoms with E-state index < -0.39 is 23.4 Å². The Labute approximate surface area is 161 Å². The Balaban J connectivity index is 1.74. The molecule has 10 heteroatoms. The van der Waals surface area contributed by atoms with Crippen molar-refractivity contribution in [2.75, 3.05) is 20.3 Å². The molecule has 1 aromatic carbocycles. The fraction of sp³-hybridized carbons (Fsp3) is 0.389. The lowest BCUT2D eigenvalue weighted by Gasteiger charge is -2.08. The number of amides is 1. The highest BCUT2D eigenvalue weighted by Crippen LogP contribution is 2.21. The third kappa shape index (κ3) is 5.53. The van der Waals surface area contributed by atoms with Crippen LogP contribution in [0.1, 0.15) is 17.0 Å². The summed E-state index contributed by atoms with van der Waals surface area (Å²) in [6.45, 7) is 2.65. The minimum Gasteiger partial charge on any atom is -0.497 e. The number of esters is 1. The number of hydrogen-bond donors (Lipinski definition) is 1. The highest BCUT2D eigenvalue weighted by molar-refractivity contribution is 5.80. The average molecular weight is 390 g/mol. The molecule has 28 heavy (non-hydrogen) atoms. The van der Waals surface area contributed by atoms with Gasteiger partial charge in [-0.25, -0.2) is 0 Å². The highest BCUT2D eigenvalue weighted by atomic mass is 16.6. The molecule has 0 unspecified atom stereocenters. The summed E-state index contributed by atoms with van der Waals surface area (Å²) < 4.78 is 11.2. The van der Waals surface area contributed by atoms with Crippen molar-refractivity contribution in [3.05, 3.63) is 51.3 Å². The first kappa shape index (κ1) is 20.9. The minimum absolute atomic E-state index is 0.135. The molecule has 1 aromatic heterocycles. The number of nitrogens with zero attached hydrogens (tertiary/aromatic N) is 3. The van der Waals surface area contributed by atoms with Crippen LogP contribution >= 0.6 is 0 Å². The summed E-state index contributed by atoms with van der Waals surface area (Å²) >= 11 is 0. The van der Waals surface area contributed by atoms with Crippen LogP contribution in [0.4, 0.5) is 5.69 Å². The minimum atomic E-state index is -0.703. The third-order valence-electron chi connectivity index (χ3n) is 4.06. The largest absolute Gasteiger partial charge is 0.497 e. The molecule has 0 saturated heterocycles. The lowest BCUT2D eigenvalue weighted by Crippen LogP contribution is -2.31. The predicted octanol–water partition coefficient (Wildman–Crippen LogP) is 1.32. The van der Waals surface area contributed by atoms with Gasteiger partial charge >= 0.3 is 11.7 Å². The van der Waals surface area contributed by atoms with E-state index in [4.69, 9.17) is 9.47 Å². The summed E-state index contributed by atoms with van der Waals surface area (Å²) in [4.78, 5) is 34.1.